The maximum absolute atomic E-state index is 12.4. The highest BCUT2D eigenvalue weighted by molar-refractivity contribution is 5.96. The number of pyridine rings is 1. The van der Waals surface area contributed by atoms with Crippen LogP contribution in [-0.4, -0.2) is 32.1 Å². The van der Waals surface area contributed by atoms with Gasteiger partial charge in [0.05, 0.1) is 10.9 Å². The second-order valence-electron chi connectivity index (χ2n) is 6.39. The molecular formula is C16H23Cl2N5O3. The molecule has 0 aromatic carbocycles. The molecule has 1 fully saturated rings. The first-order valence-electron chi connectivity index (χ1n) is 8.00. The van der Waals surface area contributed by atoms with Gasteiger partial charge in [-0.2, -0.15) is 0 Å². The molecule has 2 aromatic heterocycles. The van der Waals surface area contributed by atoms with Gasteiger partial charge in [-0.25, -0.2) is 9.78 Å². The van der Waals surface area contributed by atoms with Crippen LogP contribution in [0.2, 0.25) is 0 Å². The zero-order chi connectivity index (χ0) is 17.4. The Labute approximate surface area is 162 Å². The monoisotopic (exact) mass is 403 g/mol. The number of nitrogens with zero attached hydrogens (tertiary/aromatic N) is 3. The SMILES string of the molecule is Cl.Cl.Cn1c(=O)c2cc(C(=O)NC3CCC(N)CC3)cnc2n(C)c1=O. The summed E-state index contributed by atoms with van der Waals surface area (Å²) in [4.78, 5) is 40.7. The molecule has 0 unspecified atom stereocenters. The van der Waals surface area contributed by atoms with E-state index in [0.29, 0.717) is 5.56 Å². The third-order valence-corrected chi connectivity index (χ3v) is 4.66. The Kier molecular flexibility index (Phi) is 7.37. The Morgan fingerprint density at radius 2 is 1.77 bits per heavy atom. The number of hydrogen-bond acceptors (Lipinski definition) is 5. The molecule has 0 atom stereocenters. The predicted octanol–water partition coefficient (Wildman–Crippen LogP) is 0.476. The van der Waals surface area contributed by atoms with Gasteiger partial charge in [0.25, 0.3) is 11.5 Å². The smallest absolute Gasteiger partial charge is 0.332 e. The molecule has 1 saturated carbocycles. The van der Waals surface area contributed by atoms with E-state index in [-0.39, 0.29) is 53.8 Å². The van der Waals surface area contributed by atoms with Crippen LogP contribution in [0.5, 0.6) is 0 Å². The van der Waals surface area contributed by atoms with Crippen LogP contribution in [0.15, 0.2) is 21.9 Å². The van der Waals surface area contributed by atoms with Crippen molar-refractivity contribution in [2.45, 2.75) is 37.8 Å². The highest BCUT2D eigenvalue weighted by Crippen LogP contribution is 2.17. The zero-order valence-electron chi connectivity index (χ0n) is 14.6. The number of carbonyl (C=O) groups excluding carboxylic acids is 1. The van der Waals surface area contributed by atoms with E-state index < -0.39 is 11.2 Å². The molecule has 1 aliphatic rings. The Balaban J connectivity index is 0.00000169. The number of carbonyl (C=O) groups is 1. The van der Waals surface area contributed by atoms with Crippen molar-refractivity contribution in [1.29, 1.82) is 0 Å². The topological polar surface area (TPSA) is 112 Å². The lowest BCUT2D eigenvalue weighted by atomic mass is 9.91. The first-order valence-corrected chi connectivity index (χ1v) is 8.00. The molecule has 2 heterocycles. The number of rotatable bonds is 2. The minimum absolute atomic E-state index is 0. The maximum Gasteiger partial charge on any atom is 0.332 e. The molecular weight excluding hydrogens is 381 g/mol. The van der Waals surface area contributed by atoms with Gasteiger partial charge >= 0.3 is 5.69 Å². The summed E-state index contributed by atoms with van der Waals surface area (Å²) < 4.78 is 2.30. The molecule has 2 aromatic rings. The Morgan fingerprint density at radius 1 is 1.15 bits per heavy atom. The van der Waals surface area contributed by atoms with Gasteiger partial charge in [-0.05, 0) is 31.7 Å². The summed E-state index contributed by atoms with van der Waals surface area (Å²) in [5, 5.41) is 3.22. The predicted molar refractivity (Wildman–Crippen MR) is 104 cm³/mol. The largest absolute Gasteiger partial charge is 0.349 e. The summed E-state index contributed by atoms with van der Waals surface area (Å²) in [6.07, 6.45) is 4.88. The lowest BCUT2D eigenvalue weighted by molar-refractivity contribution is 0.0925. The number of fused-ring (bicyclic) bond motifs is 1. The fourth-order valence-corrected chi connectivity index (χ4v) is 3.12. The van der Waals surface area contributed by atoms with Crippen LogP contribution < -0.4 is 22.3 Å². The van der Waals surface area contributed by atoms with Crippen LogP contribution in [0.4, 0.5) is 0 Å². The van der Waals surface area contributed by atoms with Gasteiger partial charge < -0.3 is 11.1 Å². The average molecular weight is 404 g/mol. The molecule has 10 heteroatoms. The van der Waals surface area contributed by atoms with Crippen molar-refractivity contribution in [1.82, 2.24) is 19.4 Å². The maximum atomic E-state index is 12.4. The fraction of sp³-hybridized carbons (Fsp3) is 0.500. The van der Waals surface area contributed by atoms with Gasteiger partial charge in [0.1, 0.15) is 5.65 Å². The number of aryl methyl sites for hydroxylation is 1. The van der Waals surface area contributed by atoms with E-state index in [1.54, 1.807) is 7.05 Å². The van der Waals surface area contributed by atoms with E-state index in [1.807, 2.05) is 0 Å². The van der Waals surface area contributed by atoms with Crippen LogP contribution >= 0.6 is 24.8 Å². The van der Waals surface area contributed by atoms with Crippen molar-refractivity contribution in [3.05, 3.63) is 38.7 Å². The van der Waals surface area contributed by atoms with Gasteiger partial charge in [0, 0.05) is 32.4 Å². The fourth-order valence-electron chi connectivity index (χ4n) is 3.12. The Morgan fingerprint density at radius 3 is 2.38 bits per heavy atom. The molecule has 0 bridgehead atoms. The summed E-state index contributed by atoms with van der Waals surface area (Å²) >= 11 is 0. The van der Waals surface area contributed by atoms with E-state index in [2.05, 4.69) is 10.3 Å². The standard InChI is InChI=1S/C16H21N5O3.2ClH/c1-20-13-12(15(23)21(2)16(20)24)7-9(8-18-13)14(22)19-11-5-3-10(17)4-6-11;;/h7-8,10-11H,3-6,17H2,1-2H3,(H,19,22);2*1H. The van der Waals surface area contributed by atoms with Gasteiger partial charge in [-0.1, -0.05) is 0 Å². The van der Waals surface area contributed by atoms with Gasteiger partial charge in [-0.15, -0.1) is 24.8 Å². The molecule has 3 rings (SSSR count). The summed E-state index contributed by atoms with van der Waals surface area (Å²) in [5.41, 5.74) is 5.54. The average Bonchev–Trinajstić information content (AvgIpc) is 2.59. The molecule has 0 spiro atoms. The van der Waals surface area contributed by atoms with E-state index >= 15 is 0 Å². The first-order chi connectivity index (χ1) is 11.4. The van der Waals surface area contributed by atoms with E-state index in [0.717, 1.165) is 30.3 Å². The number of nitrogens with one attached hydrogen (secondary N) is 1. The van der Waals surface area contributed by atoms with Gasteiger partial charge in [0.15, 0.2) is 0 Å². The lowest BCUT2D eigenvalue weighted by Crippen LogP contribution is -2.40. The minimum atomic E-state index is -0.459. The van der Waals surface area contributed by atoms with Gasteiger partial charge in [0.2, 0.25) is 0 Å². The second-order valence-corrected chi connectivity index (χ2v) is 6.39. The van der Waals surface area contributed by atoms with Crippen molar-refractivity contribution in [3.63, 3.8) is 0 Å². The number of halogens is 2. The van der Waals surface area contributed by atoms with Crippen molar-refractivity contribution >= 4 is 41.8 Å². The van der Waals surface area contributed by atoms with Crippen molar-refractivity contribution in [2.75, 3.05) is 0 Å². The van der Waals surface area contributed by atoms with Crippen LogP contribution in [0.25, 0.3) is 11.0 Å². The molecule has 3 N–H and O–H groups in total. The van der Waals surface area contributed by atoms with Crippen LogP contribution in [0.1, 0.15) is 36.0 Å². The molecule has 144 valence electrons. The van der Waals surface area contributed by atoms with Gasteiger partial charge in [-0.3, -0.25) is 18.7 Å². The summed E-state index contributed by atoms with van der Waals surface area (Å²) in [6.45, 7) is 0. The Hall–Kier alpha value is -1.90. The minimum Gasteiger partial charge on any atom is -0.349 e. The number of amides is 1. The van der Waals surface area contributed by atoms with E-state index in [9.17, 15) is 14.4 Å². The molecule has 0 radical (unpaired) electrons. The quantitative estimate of drug-likeness (QED) is 0.756. The molecule has 0 aliphatic heterocycles. The molecule has 26 heavy (non-hydrogen) atoms. The number of hydrogen-bond donors (Lipinski definition) is 2. The van der Waals surface area contributed by atoms with Crippen molar-refractivity contribution < 1.29 is 4.79 Å². The Bertz CT molecular complexity index is 916. The molecule has 1 amide bonds. The van der Waals surface area contributed by atoms with E-state index in [1.165, 1.54) is 23.9 Å². The first kappa shape index (κ1) is 22.1. The van der Waals surface area contributed by atoms with Crippen molar-refractivity contribution in [3.8, 4) is 0 Å². The lowest BCUT2D eigenvalue weighted by Gasteiger charge is -2.26. The third-order valence-electron chi connectivity index (χ3n) is 4.66. The number of aromatic nitrogens is 3. The zero-order valence-corrected chi connectivity index (χ0v) is 16.2. The normalized spacial score (nSPS) is 19.3. The highest BCUT2D eigenvalue weighted by atomic mass is 35.5. The summed E-state index contributed by atoms with van der Waals surface area (Å²) in [6, 6.07) is 1.80. The summed E-state index contributed by atoms with van der Waals surface area (Å²) in [7, 11) is 2.95. The van der Waals surface area contributed by atoms with Crippen LogP contribution in [-0.2, 0) is 14.1 Å². The molecule has 1 aliphatic carbocycles. The van der Waals surface area contributed by atoms with Crippen molar-refractivity contribution in [2.24, 2.45) is 19.8 Å². The molecule has 8 nitrogen and oxygen atoms in total. The summed E-state index contributed by atoms with van der Waals surface area (Å²) in [5.74, 6) is -0.263. The van der Waals surface area contributed by atoms with Crippen LogP contribution in [0.3, 0.4) is 0 Å². The highest BCUT2D eigenvalue weighted by Gasteiger charge is 2.21. The molecule has 0 saturated heterocycles. The third kappa shape index (κ3) is 4.08. The number of nitrogens with two attached hydrogens (primary N) is 1. The van der Waals surface area contributed by atoms with Crippen LogP contribution in [0, 0.1) is 0 Å². The van der Waals surface area contributed by atoms with E-state index in [4.69, 9.17) is 5.73 Å². The second kappa shape index (κ2) is 8.66.